The molecule has 4 nitrogen and oxygen atoms in total. The number of carbonyl (C=O) groups excluding carboxylic acids is 2. The first-order valence-corrected chi connectivity index (χ1v) is 12.5. The van der Waals surface area contributed by atoms with E-state index in [1.54, 1.807) is 0 Å². The lowest BCUT2D eigenvalue weighted by atomic mass is 10.1. The number of rotatable bonds is 20. The van der Waals surface area contributed by atoms with Crippen molar-refractivity contribution >= 4 is 11.9 Å². The molecule has 0 aliphatic rings. The van der Waals surface area contributed by atoms with Crippen molar-refractivity contribution in [3.63, 3.8) is 0 Å². The van der Waals surface area contributed by atoms with Crippen LogP contribution in [0.3, 0.4) is 0 Å². The van der Waals surface area contributed by atoms with Gasteiger partial charge >= 0.3 is 11.9 Å². The number of unbranched alkanes of at least 4 members (excludes halogenated alkanes) is 9. The number of hydrogen-bond donors (Lipinski definition) is 0. The number of carbonyl (C=O) groups is 2. The van der Waals surface area contributed by atoms with Crippen LogP contribution in [0.2, 0.25) is 0 Å². The molecule has 0 radical (unpaired) electrons. The van der Waals surface area contributed by atoms with Gasteiger partial charge in [0, 0.05) is 6.42 Å². The van der Waals surface area contributed by atoms with Crippen LogP contribution in [0.1, 0.15) is 130 Å². The molecule has 0 spiro atoms. The maximum absolute atomic E-state index is 11.7. The summed E-state index contributed by atoms with van der Waals surface area (Å²) in [7, 11) is 0. The minimum absolute atomic E-state index is 0.0341. The van der Waals surface area contributed by atoms with E-state index in [2.05, 4.69) is 19.9 Å². The molecule has 4 heteroatoms. The number of ether oxygens (including phenoxy) is 2. The maximum atomic E-state index is 11.7. The number of allylic oxidation sites excluding steroid dienone is 1. The van der Waals surface area contributed by atoms with Gasteiger partial charge in [0.1, 0.15) is 0 Å². The Morgan fingerprint density at radius 3 is 1.67 bits per heavy atom. The Morgan fingerprint density at radius 1 is 0.667 bits per heavy atom. The first-order valence-electron chi connectivity index (χ1n) is 12.5. The lowest BCUT2D eigenvalue weighted by Gasteiger charge is -2.11. The molecule has 0 fully saturated rings. The van der Waals surface area contributed by atoms with Crippen molar-refractivity contribution < 1.29 is 19.1 Å². The minimum atomic E-state index is -0.116. The first-order chi connectivity index (χ1) is 14.5. The minimum Gasteiger partial charge on any atom is -0.463 e. The molecule has 0 heterocycles. The van der Waals surface area contributed by atoms with Gasteiger partial charge in [0.05, 0.1) is 18.6 Å². The molecule has 2 unspecified atom stereocenters. The molecule has 0 aromatic carbocycles. The van der Waals surface area contributed by atoms with E-state index in [4.69, 9.17) is 9.47 Å². The lowest BCUT2D eigenvalue weighted by Crippen LogP contribution is -2.14. The van der Waals surface area contributed by atoms with Crippen LogP contribution < -0.4 is 0 Å². The summed E-state index contributed by atoms with van der Waals surface area (Å²) in [6, 6.07) is 0. The van der Waals surface area contributed by atoms with E-state index >= 15 is 0 Å². The monoisotopic (exact) mass is 424 g/mol. The summed E-state index contributed by atoms with van der Waals surface area (Å²) in [6.07, 6.45) is 21.0. The summed E-state index contributed by atoms with van der Waals surface area (Å²) >= 11 is 0. The molecule has 2 atom stereocenters. The highest BCUT2D eigenvalue weighted by molar-refractivity contribution is 5.71. The number of esters is 2. The summed E-state index contributed by atoms with van der Waals surface area (Å²) in [5, 5.41) is 0. The van der Waals surface area contributed by atoms with Gasteiger partial charge in [-0.2, -0.15) is 0 Å². The van der Waals surface area contributed by atoms with Crippen molar-refractivity contribution in [1.29, 1.82) is 0 Å². The van der Waals surface area contributed by atoms with Gasteiger partial charge in [-0.3, -0.25) is 9.59 Å². The quantitative estimate of drug-likeness (QED) is 0.114. The fourth-order valence-electron chi connectivity index (χ4n) is 3.55. The molecule has 0 aromatic heterocycles. The SMILES string of the molecule is CCCC(C)OC(=O)C/C=C/CCCCCCCCCCCC(=O)OC(C)CCC. The topological polar surface area (TPSA) is 52.6 Å². The van der Waals surface area contributed by atoms with E-state index in [9.17, 15) is 9.59 Å². The molecule has 176 valence electrons. The fraction of sp³-hybridized carbons (Fsp3) is 0.846. The van der Waals surface area contributed by atoms with Crippen LogP contribution in [-0.4, -0.2) is 24.1 Å². The Hall–Kier alpha value is -1.32. The first kappa shape index (κ1) is 28.7. The summed E-state index contributed by atoms with van der Waals surface area (Å²) in [6.45, 7) is 8.14. The van der Waals surface area contributed by atoms with Crippen molar-refractivity contribution in [1.82, 2.24) is 0 Å². The summed E-state index contributed by atoms with van der Waals surface area (Å²) in [4.78, 5) is 23.3. The van der Waals surface area contributed by atoms with Crippen molar-refractivity contribution in [3.8, 4) is 0 Å². The van der Waals surface area contributed by atoms with Crippen molar-refractivity contribution in [2.24, 2.45) is 0 Å². The average molecular weight is 425 g/mol. The Bertz CT molecular complexity index is 444. The molecule has 30 heavy (non-hydrogen) atoms. The fourth-order valence-corrected chi connectivity index (χ4v) is 3.55. The van der Waals surface area contributed by atoms with Gasteiger partial charge in [-0.15, -0.1) is 0 Å². The van der Waals surface area contributed by atoms with Gasteiger partial charge in [0.25, 0.3) is 0 Å². The maximum Gasteiger partial charge on any atom is 0.309 e. The van der Waals surface area contributed by atoms with E-state index in [1.807, 2.05) is 19.9 Å². The van der Waals surface area contributed by atoms with E-state index in [0.717, 1.165) is 44.9 Å². The lowest BCUT2D eigenvalue weighted by molar-refractivity contribution is -0.149. The zero-order valence-corrected chi connectivity index (χ0v) is 20.3. The zero-order chi connectivity index (χ0) is 22.5. The van der Waals surface area contributed by atoms with Gasteiger partial charge < -0.3 is 9.47 Å². The molecular formula is C26H48O4. The van der Waals surface area contributed by atoms with Gasteiger partial charge in [0.15, 0.2) is 0 Å². The Morgan fingerprint density at radius 2 is 1.13 bits per heavy atom. The predicted molar refractivity (Wildman–Crippen MR) is 125 cm³/mol. The van der Waals surface area contributed by atoms with E-state index < -0.39 is 0 Å². The summed E-state index contributed by atoms with van der Waals surface area (Å²) in [5.74, 6) is -0.150. The molecule has 0 aliphatic carbocycles. The van der Waals surface area contributed by atoms with Crippen molar-refractivity contribution in [2.45, 2.75) is 143 Å². The van der Waals surface area contributed by atoms with Crippen LogP contribution >= 0.6 is 0 Å². The summed E-state index contributed by atoms with van der Waals surface area (Å²) < 4.78 is 10.7. The molecule has 0 N–H and O–H groups in total. The van der Waals surface area contributed by atoms with Crippen LogP contribution in [0, 0.1) is 0 Å². The predicted octanol–water partition coefficient (Wildman–Crippen LogP) is 7.69. The number of hydrogen-bond acceptors (Lipinski definition) is 4. The Kier molecular flexibility index (Phi) is 20.0. The molecule has 0 bridgehead atoms. The van der Waals surface area contributed by atoms with E-state index in [1.165, 1.54) is 44.9 Å². The molecular weight excluding hydrogens is 376 g/mol. The van der Waals surface area contributed by atoms with Crippen LogP contribution in [0.25, 0.3) is 0 Å². The second kappa shape index (κ2) is 20.9. The molecule has 0 rings (SSSR count). The van der Waals surface area contributed by atoms with Gasteiger partial charge in [-0.1, -0.05) is 83.8 Å². The molecule has 0 aliphatic heterocycles. The van der Waals surface area contributed by atoms with Gasteiger partial charge in [-0.05, 0) is 46.0 Å². The van der Waals surface area contributed by atoms with Crippen LogP contribution in [-0.2, 0) is 19.1 Å². The average Bonchev–Trinajstić information content (AvgIpc) is 2.68. The van der Waals surface area contributed by atoms with Crippen molar-refractivity contribution in [2.75, 3.05) is 0 Å². The second-order valence-electron chi connectivity index (χ2n) is 8.57. The highest BCUT2D eigenvalue weighted by Gasteiger charge is 2.08. The smallest absolute Gasteiger partial charge is 0.309 e. The Labute approximate surface area is 186 Å². The largest absolute Gasteiger partial charge is 0.463 e. The third kappa shape index (κ3) is 20.0. The molecule has 0 saturated heterocycles. The molecule has 0 saturated carbocycles. The Balaban J connectivity index is 3.36. The standard InChI is InChI=1S/C26H48O4/c1-5-19-23(3)29-25(27)21-17-15-13-11-9-7-8-10-12-14-16-18-22-26(28)30-24(4)20-6-2/h15,17,23-24H,5-14,16,18-22H2,1-4H3/b17-15+. The van der Waals surface area contributed by atoms with E-state index in [-0.39, 0.29) is 24.1 Å². The highest BCUT2D eigenvalue weighted by atomic mass is 16.5. The second-order valence-corrected chi connectivity index (χ2v) is 8.57. The normalized spacial score (nSPS) is 13.3. The third-order valence-corrected chi connectivity index (χ3v) is 5.26. The van der Waals surface area contributed by atoms with E-state index in [0.29, 0.717) is 12.8 Å². The highest BCUT2D eigenvalue weighted by Crippen LogP contribution is 2.12. The van der Waals surface area contributed by atoms with Crippen LogP contribution in [0.4, 0.5) is 0 Å². The van der Waals surface area contributed by atoms with Gasteiger partial charge in [-0.25, -0.2) is 0 Å². The zero-order valence-electron chi connectivity index (χ0n) is 20.3. The summed E-state index contributed by atoms with van der Waals surface area (Å²) in [5.41, 5.74) is 0. The molecule has 0 aromatic rings. The molecule has 0 amide bonds. The van der Waals surface area contributed by atoms with Crippen LogP contribution in [0.5, 0.6) is 0 Å². The van der Waals surface area contributed by atoms with Crippen LogP contribution in [0.15, 0.2) is 12.2 Å². The third-order valence-electron chi connectivity index (χ3n) is 5.26. The van der Waals surface area contributed by atoms with Gasteiger partial charge in [0.2, 0.25) is 0 Å². The van der Waals surface area contributed by atoms with Crippen molar-refractivity contribution in [3.05, 3.63) is 12.2 Å².